The maximum Gasteiger partial charge on any atom is 0.295 e. The molecule has 174 valence electrons. The van der Waals surface area contributed by atoms with Crippen LogP contribution < -0.4 is 5.32 Å². The predicted octanol–water partition coefficient (Wildman–Crippen LogP) is 5.09. The van der Waals surface area contributed by atoms with Gasteiger partial charge in [0.2, 0.25) is 0 Å². The first kappa shape index (κ1) is 22.0. The molecule has 1 aliphatic rings. The average molecular weight is 460 g/mol. The van der Waals surface area contributed by atoms with Crippen molar-refractivity contribution in [1.29, 1.82) is 0 Å². The molecule has 4 aromatic rings. The number of para-hydroxylation sites is 2. The van der Waals surface area contributed by atoms with Gasteiger partial charge in [-0.25, -0.2) is 14.4 Å². The van der Waals surface area contributed by atoms with Gasteiger partial charge in [0.25, 0.3) is 11.9 Å². The second-order valence-corrected chi connectivity index (χ2v) is 8.77. The second kappa shape index (κ2) is 9.21. The highest BCUT2D eigenvalue weighted by Crippen LogP contribution is 2.31. The Morgan fingerprint density at radius 3 is 2.79 bits per heavy atom. The van der Waals surface area contributed by atoms with Gasteiger partial charge in [0.15, 0.2) is 11.4 Å². The standard InChI is InChI=1S/C26H26FN5O2/c1-16-7-5-12-32(21(16)15-30-26-31-20-8-3-4-9-22(20)34-26)25(33)19-14-18(27)13-17(2)23(19)24-28-10-6-11-29-24/h3-4,6,8-11,13-14,16,21H,5,7,12,15H2,1-2H3,(H,30,31). The van der Waals surface area contributed by atoms with Crippen LogP contribution in [-0.2, 0) is 0 Å². The summed E-state index contributed by atoms with van der Waals surface area (Å²) in [4.78, 5) is 28.8. The Morgan fingerprint density at radius 1 is 1.21 bits per heavy atom. The van der Waals surface area contributed by atoms with Gasteiger partial charge in [-0.2, -0.15) is 4.98 Å². The van der Waals surface area contributed by atoms with E-state index in [4.69, 9.17) is 4.42 Å². The van der Waals surface area contributed by atoms with Crippen molar-refractivity contribution in [3.8, 4) is 11.4 Å². The summed E-state index contributed by atoms with van der Waals surface area (Å²) < 4.78 is 20.2. The molecule has 2 unspecified atom stereocenters. The first-order valence-electron chi connectivity index (χ1n) is 11.5. The van der Waals surface area contributed by atoms with Crippen molar-refractivity contribution in [3.05, 3.63) is 71.8 Å². The maximum absolute atomic E-state index is 14.5. The molecule has 2 aromatic heterocycles. The number of oxazole rings is 1. The molecule has 0 aliphatic carbocycles. The molecule has 1 fully saturated rings. The minimum Gasteiger partial charge on any atom is -0.424 e. The van der Waals surface area contributed by atoms with Crippen molar-refractivity contribution in [3.63, 3.8) is 0 Å². The van der Waals surface area contributed by atoms with Gasteiger partial charge in [0.1, 0.15) is 11.3 Å². The number of benzene rings is 2. The highest BCUT2D eigenvalue weighted by molar-refractivity contribution is 6.01. The van der Waals surface area contributed by atoms with Gasteiger partial charge < -0.3 is 14.6 Å². The van der Waals surface area contributed by atoms with E-state index in [-0.39, 0.29) is 23.4 Å². The smallest absolute Gasteiger partial charge is 0.295 e. The van der Waals surface area contributed by atoms with Crippen LogP contribution in [0.4, 0.5) is 10.4 Å². The number of rotatable bonds is 5. The molecular formula is C26H26FN5O2. The number of anilines is 1. The summed E-state index contributed by atoms with van der Waals surface area (Å²) in [6.07, 6.45) is 5.13. The summed E-state index contributed by atoms with van der Waals surface area (Å²) in [7, 11) is 0. The Kier molecular flexibility index (Phi) is 5.96. The lowest BCUT2D eigenvalue weighted by atomic mass is 9.89. The number of nitrogens with zero attached hydrogens (tertiary/aromatic N) is 4. The number of halogens is 1. The van der Waals surface area contributed by atoms with Crippen molar-refractivity contribution in [2.75, 3.05) is 18.4 Å². The number of hydrogen-bond acceptors (Lipinski definition) is 6. The molecule has 0 spiro atoms. The van der Waals surface area contributed by atoms with Crippen molar-refractivity contribution in [1.82, 2.24) is 19.9 Å². The normalized spacial score (nSPS) is 18.3. The third-order valence-corrected chi connectivity index (χ3v) is 6.45. The SMILES string of the molecule is Cc1cc(F)cc(C(=O)N2CCCC(C)C2CNc2nc3ccccc3o2)c1-c1ncccn1. The van der Waals surface area contributed by atoms with Crippen molar-refractivity contribution >= 4 is 23.0 Å². The molecule has 0 radical (unpaired) electrons. The van der Waals surface area contributed by atoms with Crippen LogP contribution in [0, 0.1) is 18.7 Å². The van der Waals surface area contributed by atoms with E-state index in [2.05, 4.69) is 27.2 Å². The zero-order valence-corrected chi connectivity index (χ0v) is 19.2. The first-order chi connectivity index (χ1) is 16.5. The van der Waals surface area contributed by atoms with E-state index in [1.54, 1.807) is 25.4 Å². The number of likely N-dealkylation sites (tertiary alicyclic amines) is 1. The molecule has 3 heterocycles. The molecule has 7 nitrogen and oxygen atoms in total. The number of carbonyl (C=O) groups excluding carboxylic acids is 1. The van der Waals surface area contributed by atoms with Gasteiger partial charge in [0, 0.05) is 31.0 Å². The molecule has 1 N–H and O–H groups in total. The third kappa shape index (κ3) is 4.23. The number of hydrogen-bond donors (Lipinski definition) is 1. The summed E-state index contributed by atoms with van der Waals surface area (Å²) in [5.41, 5.74) is 2.95. The summed E-state index contributed by atoms with van der Waals surface area (Å²) in [6.45, 7) is 4.98. The van der Waals surface area contributed by atoms with Gasteiger partial charge in [-0.1, -0.05) is 19.1 Å². The highest BCUT2D eigenvalue weighted by Gasteiger charge is 2.34. The quantitative estimate of drug-likeness (QED) is 0.448. The van der Waals surface area contributed by atoms with Crippen LogP contribution in [0.3, 0.4) is 0 Å². The van der Waals surface area contributed by atoms with E-state index in [9.17, 15) is 9.18 Å². The fourth-order valence-corrected chi connectivity index (χ4v) is 4.74. The van der Waals surface area contributed by atoms with E-state index < -0.39 is 5.82 Å². The Morgan fingerprint density at radius 2 is 2.00 bits per heavy atom. The van der Waals surface area contributed by atoms with Crippen LogP contribution in [0.25, 0.3) is 22.5 Å². The lowest BCUT2D eigenvalue weighted by Gasteiger charge is -2.40. The van der Waals surface area contributed by atoms with E-state index >= 15 is 0 Å². The number of aryl methyl sites for hydroxylation is 1. The molecule has 34 heavy (non-hydrogen) atoms. The number of piperidine rings is 1. The maximum atomic E-state index is 14.5. The topological polar surface area (TPSA) is 84.2 Å². The van der Waals surface area contributed by atoms with Crippen LogP contribution in [0.2, 0.25) is 0 Å². The van der Waals surface area contributed by atoms with Crippen molar-refractivity contribution < 1.29 is 13.6 Å². The fraction of sp³-hybridized carbons (Fsp3) is 0.308. The van der Waals surface area contributed by atoms with Crippen LogP contribution in [-0.4, -0.2) is 44.9 Å². The predicted molar refractivity (Wildman–Crippen MR) is 128 cm³/mol. The molecule has 2 atom stereocenters. The minimum atomic E-state index is -0.452. The van der Waals surface area contributed by atoms with Gasteiger partial charge in [-0.15, -0.1) is 0 Å². The van der Waals surface area contributed by atoms with E-state index in [1.165, 1.54) is 12.1 Å². The first-order valence-corrected chi connectivity index (χ1v) is 11.5. The zero-order valence-electron chi connectivity index (χ0n) is 19.2. The summed E-state index contributed by atoms with van der Waals surface area (Å²) in [5, 5.41) is 3.27. The van der Waals surface area contributed by atoms with Gasteiger partial charge in [0.05, 0.1) is 11.6 Å². The molecule has 5 rings (SSSR count). The second-order valence-electron chi connectivity index (χ2n) is 8.77. The van der Waals surface area contributed by atoms with E-state index in [0.717, 1.165) is 18.4 Å². The molecular weight excluding hydrogens is 433 g/mol. The number of amides is 1. The minimum absolute atomic E-state index is 0.107. The molecule has 1 aliphatic heterocycles. The summed E-state index contributed by atoms with van der Waals surface area (Å²) in [6, 6.07) is 12.3. The van der Waals surface area contributed by atoms with Crippen molar-refractivity contribution in [2.24, 2.45) is 5.92 Å². The zero-order chi connectivity index (χ0) is 23.7. The lowest BCUT2D eigenvalue weighted by Crippen LogP contribution is -2.51. The highest BCUT2D eigenvalue weighted by atomic mass is 19.1. The van der Waals surface area contributed by atoms with Crippen LogP contribution in [0.5, 0.6) is 0 Å². The summed E-state index contributed by atoms with van der Waals surface area (Å²) in [5.74, 6) is -0.0112. The number of aromatic nitrogens is 3. The Balaban J connectivity index is 1.45. The molecule has 8 heteroatoms. The molecule has 2 aromatic carbocycles. The fourth-order valence-electron chi connectivity index (χ4n) is 4.74. The number of nitrogens with one attached hydrogen (secondary N) is 1. The van der Waals surface area contributed by atoms with Crippen LogP contribution >= 0.6 is 0 Å². The molecule has 0 bridgehead atoms. The van der Waals surface area contributed by atoms with Gasteiger partial charge in [-0.05, 0) is 61.6 Å². The van der Waals surface area contributed by atoms with Crippen molar-refractivity contribution in [2.45, 2.75) is 32.7 Å². The van der Waals surface area contributed by atoms with Crippen LogP contribution in [0.1, 0.15) is 35.7 Å². The molecule has 0 saturated carbocycles. The van der Waals surface area contributed by atoms with E-state index in [1.807, 2.05) is 29.2 Å². The van der Waals surface area contributed by atoms with Crippen LogP contribution in [0.15, 0.2) is 59.3 Å². The largest absolute Gasteiger partial charge is 0.424 e. The lowest BCUT2D eigenvalue weighted by molar-refractivity contribution is 0.0539. The Labute approximate surface area is 197 Å². The van der Waals surface area contributed by atoms with Gasteiger partial charge >= 0.3 is 0 Å². The molecule has 1 saturated heterocycles. The summed E-state index contributed by atoms with van der Waals surface area (Å²) >= 11 is 0. The monoisotopic (exact) mass is 459 g/mol. The molecule has 1 amide bonds. The number of carbonyl (C=O) groups is 1. The van der Waals surface area contributed by atoms with Gasteiger partial charge in [-0.3, -0.25) is 4.79 Å². The Bertz CT molecular complexity index is 1290. The Hall–Kier alpha value is -3.81. The number of fused-ring (bicyclic) bond motifs is 1. The third-order valence-electron chi connectivity index (χ3n) is 6.45. The van der Waals surface area contributed by atoms with E-state index in [0.29, 0.717) is 41.6 Å². The average Bonchev–Trinajstić information content (AvgIpc) is 3.26.